The van der Waals surface area contributed by atoms with Gasteiger partial charge in [-0.1, -0.05) is 29.8 Å². The number of anilines is 1. The summed E-state index contributed by atoms with van der Waals surface area (Å²) in [5, 5.41) is 0.325. The number of benzene rings is 2. The summed E-state index contributed by atoms with van der Waals surface area (Å²) in [6.45, 7) is 12.0. The minimum absolute atomic E-state index is 0.00443. The third-order valence-corrected chi connectivity index (χ3v) is 5.33. The third kappa shape index (κ3) is 5.54. The van der Waals surface area contributed by atoms with Crippen LogP contribution in [0.3, 0.4) is 0 Å². The number of halogens is 1. The first-order valence-electron chi connectivity index (χ1n) is 10.8. The average Bonchev–Trinajstić information content (AvgIpc) is 2.83. The van der Waals surface area contributed by atoms with Crippen LogP contribution in [0, 0.1) is 0 Å². The lowest BCUT2D eigenvalue weighted by Crippen LogP contribution is -2.46. The van der Waals surface area contributed by atoms with Crippen LogP contribution < -0.4 is 9.64 Å². The lowest BCUT2D eigenvalue weighted by Gasteiger charge is -2.31. The fourth-order valence-corrected chi connectivity index (χ4v) is 3.88. The van der Waals surface area contributed by atoms with E-state index in [9.17, 15) is 9.59 Å². The second-order valence-electron chi connectivity index (χ2n) is 9.31. The van der Waals surface area contributed by atoms with Crippen molar-refractivity contribution in [2.24, 2.45) is 0 Å². The van der Waals surface area contributed by atoms with Crippen molar-refractivity contribution in [3.05, 3.63) is 58.6 Å². The van der Waals surface area contributed by atoms with Crippen molar-refractivity contribution in [3.63, 3.8) is 0 Å². The molecular weight excluding hydrogens is 428 g/mol. The molecule has 1 aliphatic heterocycles. The van der Waals surface area contributed by atoms with Crippen molar-refractivity contribution in [2.45, 2.75) is 65.8 Å². The van der Waals surface area contributed by atoms with E-state index >= 15 is 0 Å². The van der Waals surface area contributed by atoms with Crippen molar-refractivity contribution in [1.29, 1.82) is 0 Å². The van der Waals surface area contributed by atoms with Crippen LogP contribution >= 0.6 is 11.6 Å². The first kappa shape index (κ1) is 23.9. The van der Waals surface area contributed by atoms with E-state index in [0.717, 1.165) is 11.3 Å². The summed E-state index contributed by atoms with van der Waals surface area (Å²) in [6, 6.07) is 12.4. The molecule has 0 saturated carbocycles. The molecule has 0 unspecified atom stereocenters. The summed E-state index contributed by atoms with van der Waals surface area (Å²) in [5.41, 5.74) is 1.40. The number of ether oxygens (including phenoxy) is 2. The van der Waals surface area contributed by atoms with E-state index in [4.69, 9.17) is 21.1 Å². The van der Waals surface area contributed by atoms with Crippen LogP contribution in [-0.4, -0.2) is 41.2 Å². The van der Waals surface area contributed by atoms with Gasteiger partial charge in [0.15, 0.2) is 0 Å². The zero-order valence-corrected chi connectivity index (χ0v) is 20.3. The zero-order chi connectivity index (χ0) is 23.6. The molecule has 0 aromatic heterocycles. The van der Waals surface area contributed by atoms with Gasteiger partial charge in [-0.3, -0.25) is 9.69 Å². The molecule has 0 fully saturated rings. The molecule has 0 bridgehead atoms. The van der Waals surface area contributed by atoms with Gasteiger partial charge in [0, 0.05) is 12.2 Å². The van der Waals surface area contributed by atoms with Crippen LogP contribution in [0.25, 0.3) is 0 Å². The molecule has 1 heterocycles. The van der Waals surface area contributed by atoms with Gasteiger partial charge in [0.05, 0.1) is 29.3 Å². The minimum atomic E-state index is -0.606. The standard InChI is InChI=1S/C25H31ClN2O4/c1-16(2)31-19-11-12-20(21(26)13-19)23(29)28-14-17(3)27(24(30)32-25(4,5)6)15-18-9-7-8-10-22(18)28/h7-13,16-17H,14-15H2,1-6H3/t17-/m1/s1. The largest absolute Gasteiger partial charge is 0.491 e. The van der Waals surface area contributed by atoms with Gasteiger partial charge in [0.2, 0.25) is 0 Å². The van der Waals surface area contributed by atoms with E-state index in [1.54, 1.807) is 28.0 Å². The molecule has 0 saturated heterocycles. The zero-order valence-electron chi connectivity index (χ0n) is 19.5. The molecule has 0 spiro atoms. The molecule has 7 heteroatoms. The molecule has 1 aliphatic rings. The summed E-state index contributed by atoms with van der Waals surface area (Å²) in [6.07, 6.45) is -0.396. The Morgan fingerprint density at radius 1 is 1.12 bits per heavy atom. The number of carbonyl (C=O) groups is 2. The highest BCUT2D eigenvalue weighted by Crippen LogP contribution is 2.32. The van der Waals surface area contributed by atoms with Crippen molar-refractivity contribution >= 4 is 29.3 Å². The highest BCUT2D eigenvalue weighted by molar-refractivity contribution is 6.34. The van der Waals surface area contributed by atoms with Crippen LogP contribution in [0.1, 0.15) is 57.5 Å². The van der Waals surface area contributed by atoms with Gasteiger partial charge in [-0.2, -0.15) is 0 Å². The molecule has 172 valence electrons. The minimum Gasteiger partial charge on any atom is -0.491 e. The van der Waals surface area contributed by atoms with Crippen molar-refractivity contribution in [1.82, 2.24) is 4.90 Å². The molecule has 0 radical (unpaired) electrons. The molecule has 32 heavy (non-hydrogen) atoms. The van der Waals surface area contributed by atoms with Crippen molar-refractivity contribution in [3.8, 4) is 5.75 Å². The topological polar surface area (TPSA) is 59.1 Å². The predicted octanol–water partition coefficient (Wildman–Crippen LogP) is 5.91. The van der Waals surface area contributed by atoms with Crippen LogP contribution in [0.5, 0.6) is 5.75 Å². The summed E-state index contributed by atoms with van der Waals surface area (Å²) in [7, 11) is 0. The number of amides is 2. The van der Waals surface area contributed by atoms with Gasteiger partial charge in [-0.05, 0) is 71.4 Å². The molecule has 1 atom stereocenters. The molecule has 2 aromatic rings. The maximum Gasteiger partial charge on any atom is 0.410 e. The first-order chi connectivity index (χ1) is 15.0. The Morgan fingerprint density at radius 2 is 1.81 bits per heavy atom. The van der Waals surface area contributed by atoms with Crippen LogP contribution in [0.2, 0.25) is 5.02 Å². The van der Waals surface area contributed by atoms with Gasteiger partial charge >= 0.3 is 6.09 Å². The normalized spacial score (nSPS) is 16.4. The lowest BCUT2D eigenvalue weighted by atomic mass is 10.1. The number of fused-ring (bicyclic) bond motifs is 1. The number of hydrogen-bond acceptors (Lipinski definition) is 4. The lowest BCUT2D eigenvalue weighted by molar-refractivity contribution is 0.0167. The van der Waals surface area contributed by atoms with Crippen LogP contribution in [-0.2, 0) is 11.3 Å². The Bertz CT molecular complexity index is 1000. The second kappa shape index (κ2) is 9.41. The summed E-state index contributed by atoms with van der Waals surface area (Å²) >= 11 is 6.47. The van der Waals surface area contributed by atoms with Crippen molar-refractivity contribution < 1.29 is 19.1 Å². The number of rotatable bonds is 3. The van der Waals surface area contributed by atoms with E-state index in [0.29, 0.717) is 29.4 Å². The fourth-order valence-electron chi connectivity index (χ4n) is 3.63. The van der Waals surface area contributed by atoms with E-state index in [-0.39, 0.29) is 18.1 Å². The molecule has 0 N–H and O–H groups in total. The Kier molecular flexibility index (Phi) is 7.03. The summed E-state index contributed by atoms with van der Waals surface area (Å²) < 4.78 is 11.3. The molecule has 3 rings (SSSR count). The van der Waals surface area contributed by atoms with E-state index in [2.05, 4.69) is 0 Å². The van der Waals surface area contributed by atoms with Crippen LogP contribution in [0.4, 0.5) is 10.5 Å². The molecule has 2 aromatic carbocycles. The monoisotopic (exact) mass is 458 g/mol. The maximum absolute atomic E-state index is 13.6. The van der Waals surface area contributed by atoms with Crippen molar-refractivity contribution in [2.75, 3.05) is 11.4 Å². The number of hydrogen-bond donors (Lipinski definition) is 0. The first-order valence-corrected chi connectivity index (χ1v) is 11.2. The fraction of sp³-hybridized carbons (Fsp3) is 0.440. The smallest absolute Gasteiger partial charge is 0.410 e. The molecule has 6 nitrogen and oxygen atoms in total. The van der Waals surface area contributed by atoms with Gasteiger partial charge in [-0.25, -0.2) is 4.79 Å². The number of nitrogens with zero attached hydrogens (tertiary/aromatic N) is 2. The van der Waals surface area contributed by atoms with Crippen LogP contribution in [0.15, 0.2) is 42.5 Å². The molecule has 2 amide bonds. The van der Waals surface area contributed by atoms with E-state index in [1.807, 2.05) is 65.8 Å². The predicted molar refractivity (Wildman–Crippen MR) is 127 cm³/mol. The quantitative estimate of drug-likeness (QED) is 0.573. The molecular formula is C25H31ClN2O4. The summed E-state index contributed by atoms with van der Waals surface area (Å²) in [4.78, 5) is 29.8. The Hall–Kier alpha value is -2.73. The van der Waals surface area contributed by atoms with Gasteiger partial charge in [0.1, 0.15) is 11.4 Å². The Balaban J connectivity index is 1.94. The Labute approximate surface area is 195 Å². The second-order valence-corrected chi connectivity index (χ2v) is 9.72. The highest BCUT2D eigenvalue weighted by atomic mass is 35.5. The SMILES string of the molecule is CC(C)Oc1ccc(C(=O)N2C[C@@H](C)N(C(=O)OC(C)(C)C)Cc3ccccc32)c(Cl)c1. The average molecular weight is 459 g/mol. The van der Waals surface area contributed by atoms with Gasteiger partial charge in [-0.15, -0.1) is 0 Å². The van der Waals surface area contributed by atoms with Gasteiger partial charge in [0.25, 0.3) is 5.91 Å². The Morgan fingerprint density at radius 3 is 2.44 bits per heavy atom. The van der Waals surface area contributed by atoms with E-state index < -0.39 is 11.7 Å². The number of para-hydroxylation sites is 1. The third-order valence-electron chi connectivity index (χ3n) is 5.02. The van der Waals surface area contributed by atoms with Gasteiger partial charge < -0.3 is 14.4 Å². The molecule has 0 aliphatic carbocycles. The summed E-state index contributed by atoms with van der Waals surface area (Å²) in [5.74, 6) is 0.388. The highest BCUT2D eigenvalue weighted by Gasteiger charge is 2.34. The maximum atomic E-state index is 13.6. The van der Waals surface area contributed by atoms with E-state index in [1.165, 1.54) is 0 Å². The number of carbonyl (C=O) groups excluding carboxylic acids is 2.